The van der Waals surface area contributed by atoms with Gasteiger partial charge >= 0.3 is 6.09 Å². The highest BCUT2D eigenvalue weighted by molar-refractivity contribution is 5.86. The molecule has 2 aromatic carbocycles. The smallest absolute Gasteiger partial charge is 0.407 e. The van der Waals surface area contributed by atoms with Crippen LogP contribution in [0.2, 0.25) is 0 Å². The third kappa shape index (κ3) is 5.61. The van der Waals surface area contributed by atoms with Gasteiger partial charge in [0.05, 0.1) is 30.7 Å². The quantitative estimate of drug-likeness (QED) is 0.385. The number of ether oxygens (including phenoxy) is 1. The lowest BCUT2D eigenvalue weighted by Gasteiger charge is -2.30. The number of benzene rings is 2. The molecule has 2 atom stereocenters. The molecule has 0 saturated carbocycles. The first-order valence-electron chi connectivity index (χ1n) is 12.4. The number of H-pyrrole nitrogens is 1. The van der Waals surface area contributed by atoms with Crippen molar-refractivity contribution in [2.24, 2.45) is 17.4 Å². The molecule has 37 heavy (non-hydrogen) atoms. The zero-order valence-corrected chi connectivity index (χ0v) is 21.4. The molecule has 2 heterocycles. The van der Waals surface area contributed by atoms with E-state index >= 15 is 0 Å². The predicted octanol–water partition coefficient (Wildman–Crippen LogP) is 4.00. The van der Waals surface area contributed by atoms with Crippen LogP contribution in [0.3, 0.4) is 0 Å². The van der Waals surface area contributed by atoms with E-state index in [4.69, 9.17) is 16.2 Å². The molecule has 0 radical (unpaired) electrons. The Labute approximate surface area is 216 Å². The molecule has 1 aliphatic rings. The van der Waals surface area contributed by atoms with Gasteiger partial charge in [-0.05, 0) is 41.0 Å². The average Bonchev–Trinajstić information content (AvgIpc) is 3.61. The van der Waals surface area contributed by atoms with Gasteiger partial charge < -0.3 is 31.4 Å². The topological polar surface area (TPSA) is 139 Å². The number of likely N-dealkylation sites (tertiary alicyclic amines) is 1. The molecule has 0 spiro atoms. The third-order valence-electron chi connectivity index (χ3n) is 6.77. The zero-order chi connectivity index (χ0) is 26.5. The number of methoxy groups -OCH3 is 1. The highest BCUT2D eigenvalue weighted by Gasteiger charge is 2.37. The molecule has 9 heteroatoms. The molecule has 0 aliphatic carbocycles. The summed E-state index contributed by atoms with van der Waals surface area (Å²) in [5.41, 5.74) is 16.8. The second kappa shape index (κ2) is 11.2. The number of alkyl carbamates (subject to hydrolysis) is 1. The largest absolute Gasteiger partial charge is 0.453 e. The molecular formula is C28H34N6O3. The number of nitrogens with one attached hydrogen (secondary N) is 2. The highest BCUT2D eigenvalue weighted by Crippen LogP contribution is 2.33. The highest BCUT2D eigenvalue weighted by atomic mass is 16.5. The summed E-state index contributed by atoms with van der Waals surface area (Å²) < 4.78 is 4.71. The number of aromatic amines is 1. The maximum atomic E-state index is 13.3. The predicted molar refractivity (Wildman–Crippen MR) is 144 cm³/mol. The number of carbonyl (C=O) groups excluding carboxylic acids is 2. The van der Waals surface area contributed by atoms with Crippen LogP contribution in [0.1, 0.15) is 44.1 Å². The molecule has 194 valence electrons. The Hall–Kier alpha value is -4.27. The maximum Gasteiger partial charge on any atom is 0.407 e. The minimum absolute atomic E-state index is 0.0794. The average molecular weight is 503 g/mol. The number of imidazole rings is 1. The number of aromatic nitrogens is 2. The number of rotatable bonds is 7. The van der Waals surface area contributed by atoms with Crippen molar-refractivity contribution in [3.8, 4) is 22.4 Å². The van der Waals surface area contributed by atoms with Crippen LogP contribution in [-0.2, 0) is 9.53 Å². The van der Waals surface area contributed by atoms with Crippen molar-refractivity contribution in [2.75, 3.05) is 13.7 Å². The van der Waals surface area contributed by atoms with Gasteiger partial charge in [0.15, 0.2) is 0 Å². The molecule has 1 aliphatic heterocycles. The van der Waals surface area contributed by atoms with Gasteiger partial charge in [-0.25, -0.2) is 9.78 Å². The molecule has 1 aromatic heterocycles. The summed E-state index contributed by atoms with van der Waals surface area (Å²) in [6, 6.07) is 15.3. The van der Waals surface area contributed by atoms with Gasteiger partial charge in [0.1, 0.15) is 11.9 Å². The van der Waals surface area contributed by atoms with E-state index in [1.165, 1.54) is 13.3 Å². The lowest BCUT2D eigenvalue weighted by molar-refractivity contribution is -0.135. The fourth-order valence-corrected chi connectivity index (χ4v) is 4.64. The Bertz CT molecular complexity index is 1260. The van der Waals surface area contributed by atoms with E-state index in [2.05, 4.69) is 27.4 Å². The van der Waals surface area contributed by atoms with E-state index in [1.807, 2.05) is 55.1 Å². The first-order valence-corrected chi connectivity index (χ1v) is 12.4. The zero-order valence-electron chi connectivity index (χ0n) is 21.4. The van der Waals surface area contributed by atoms with Gasteiger partial charge in [-0.15, -0.1) is 0 Å². The Kier molecular flexibility index (Phi) is 7.81. The number of carbonyl (C=O) groups is 2. The fourth-order valence-electron chi connectivity index (χ4n) is 4.64. The van der Waals surface area contributed by atoms with E-state index in [0.29, 0.717) is 12.2 Å². The minimum Gasteiger partial charge on any atom is -0.453 e. The van der Waals surface area contributed by atoms with Crippen molar-refractivity contribution >= 4 is 17.7 Å². The molecule has 1 saturated heterocycles. The number of nitrogens with zero attached hydrogens (tertiary/aromatic N) is 2. The number of nitrogens with two attached hydrogens (primary N) is 2. The van der Waals surface area contributed by atoms with Crippen LogP contribution in [0.5, 0.6) is 0 Å². The summed E-state index contributed by atoms with van der Waals surface area (Å²) in [6.07, 6.45) is 4.26. The lowest BCUT2D eigenvalue weighted by Crippen LogP contribution is -2.51. The van der Waals surface area contributed by atoms with E-state index in [0.717, 1.165) is 46.6 Å². The molecule has 3 aromatic rings. The fraction of sp³-hybridized carbons (Fsp3) is 0.321. The summed E-state index contributed by atoms with van der Waals surface area (Å²) in [6.45, 7) is 4.42. The van der Waals surface area contributed by atoms with Gasteiger partial charge in [-0.3, -0.25) is 4.79 Å². The summed E-state index contributed by atoms with van der Waals surface area (Å²) in [7, 11) is 1.29. The summed E-state index contributed by atoms with van der Waals surface area (Å²) in [5, 5.41) is 2.68. The normalized spacial score (nSPS) is 16.6. The van der Waals surface area contributed by atoms with Crippen LogP contribution < -0.4 is 16.8 Å². The molecule has 9 nitrogen and oxygen atoms in total. The number of hydrogen-bond donors (Lipinski definition) is 4. The van der Waals surface area contributed by atoms with Gasteiger partial charge in [0.2, 0.25) is 5.91 Å². The van der Waals surface area contributed by atoms with Gasteiger partial charge in [0, 0.05) is 12.7 Å². The summed E-state index contributed by atoms with van der Waals surface area (Å²) in [4.78, 5) is 35.0. The van der Waals surface area contributed by atoms with Crippen molar-refractivity contribution in [1.82, 2.24) is 20.2 Å². The van der Waals surface area contributed by atoms with Crippen molar-refractivity contribution in [3.63, 3.8) is 0 Å². The van der Waals surface area contributed by atoms with E-state index < -0.39 is 12.1 Å². The molecule has 6 N–H and O–H groups in total. The van der Waals surface area contributed by atoms with Gasteiger partial charge in [-0.1, -0.05) is 62.4 Å². The molecule has 1 fully saturated rings. The number of amides is 2. The Morgan fingerprint density at radius 3 is 2.32 bits per heavy atom. The third-order valence-corrected chi connectivity index (χ3v) is 6.77. The monoisotopic (exact) mass is 502 g/mol. The van der Waals surface area contributed by atoms with Gasteiger partial charge in [-0.2, -0.15) is 0 Å². The molecule has 0 unspecified atom stereocenters. The van der Waals surface area contributed by atoms with Crippen LogP contribution in [0.15, 0.2) is 60.9 Å². The Morgan fingerprint density at radius 2 is 1.73 bits per heavy atom. The second-order valence-corrected chi connectivity index (χ2v) is 9.51. The Balaban J connectivity index is 1.49. The van der Waals surface area contributed by atoms with Crippen LogP contribution in [-0.4, -0.2) is 46.6 Å². The Morgan fingerprint density at radius 1 is 1.11 bits per heavy atom. The van der Waals surface area contributed by atoms with Crippen LogP contribution >= 0.6 is 0 Å². The molecule has 0 bridgehead atoms. The lowest BCUT2D eigenvalue weighted by atomic mass is 10.0. The van der Waals surface area contributed by atoms with Gasteiger partial charge in [0.25, 0.3) is 0 Å². The number of hydrogen-bond acceptors (Lipinski definition) is 6. The standard InChI is InChI=1S/C28H34N6O3/c1-17(2)25(33-28(36)37-3)27(35)34-14-4-5-24(34)26-31-16-23(32-26)21-12-8-19(9-13-21)18-6-10-20(11-7-18)22(30)15-29/h6-13,15-17,24-25H,4-5,14,29-30H2,1-3H3,(H,31,32)(H,33,36)/b22-15-/t24-,25-/m0/s1. The van der Waals surface area contributed by atoms with Crippen molar-refractivity contribution < 1.29 is 14.3 Å². The van der Waals surface area contributed by atoms with Crippen molar-refractivity contribution in [1.29, 1.82) is 0 Å². The summed E-state index contributed by atoms with van der Waals surface area (Å²) >= 11 is 0. The van der Waals surface area contributed by atoms with Crippen molar-refractivity contribution in [3.05, 3.63) is 72.3 Å². The van der Waals surface area contributed by atoms with E-state index in [9.17, 15) is 9.59 Å². The van der Waals surface area contributed by atoms with Crippen molar-refractivity contribution in [2.45, 2.75) is 38.8 Å². The maximum absolute atomic E-state index is 13.3. The minimum atomic E-state index is -0.660. The second-order valence-electron chi connectivity index (χ2n) is 9.51. The molecule has 2 amide bonds. The van der Waals surface area contributed by atoms with E-state index in [-0.39, 0.29) is 17.9 Å². The van der Waals surface area contributed by atoms with E-state index in [1.54, 1.807) is 6.20 Å². The first kappa shape index (κ1) is 25.8. The SMILES string of the molecule is COC(=O)N[C@H](C(=O)N1CCC[C@H]1c1ncc(-c2ccc(-c3ccc(/C(N)=C/N)cc3)cc2)[nH]1)C(C)C. The summed E-state index contributed by atoms with van der Waals surface area (Å²) in [5.74, 6) is 0.538. The van der Waals surface area contributed by atoms with Crippen LogP contribution in [0, 0.1) is 5.92 Å². The molecule has 4 rings (SSSR count). The first-order chi connectivity index (χ1) is 17.8. The van der Waals surface area contributed by atoms with Crippen LogP contribution in [0.25, 0.3) is 28.1 Å². The molecular weight excluding hydrogens is 468 g/mol. The van der Waals surface area contributed by atoms with Crippen LogP contribution in [0.4, 0.5) is 4.79 Å².